The zero-order valence-electron chi connectivity index (χ0n) is 12.5. The lowest BCUT2D eigenvalue weighted by Crippen LogP contribution is -2.09. The fraction of sp³-hybridized carbons (Fsp3) is 0.375. The predicted molar refractivity (Wildman–Crippen MR) is 79.5 cm³/mol. The minimum atomic E-state index is 0.704. The molecule has 1 heterocycles. The third-order valence-electron chi connectivity index (χ3n) is 3.68. The van der Waals surface area contributed by atoms with Gasteiger partial charge in [-0.15, -0.1) is 0 Å². The molecular weight excluding hydrogens is 248 g/mol. The Hall–Kier alpha value is -2.12. The van der Waals surface area contributed by atoms with Gasteiger partial charge in [0, 0.05) is 17.8 Å². The first kappa shape index (κ1) is 14.3. The largest absolute Gasteiger partial charge is 0.316 e. The maximum Gasteiger partial charge on any atom is 0.0991 e. The van der Waals surface area contributed by atoms with Gasteiger partial charge in [-0.3, -0.25) is 4.68 Å². The van der Waals surface area contributed by atoms with Gasteiger partial charge in [0.1, 0.15) is 0 Å². The molecule has 0 atom stereocenters. The molecule has 2 aromatic rings. The van der Waals surface area contributed by atoms with E-state index in [1.54, 1.807) is 0 Å². The van der Waals surface area contributed by atoms with Crippen LogP contribution in [0.25, 0.3) is 0 Å². The van der Waals surface area contributed by atoms with E-state index in [0.717, 1.165) is 24.3 Å². The van der Waals surface area contributed by atoms with Crippen LogP contribution in [-0.4, -0.2) is 16.8 Å². The second kappa shape index (κ2) is 5.89. The van der Waals surface area contributed by atoms with Gasteiger partial charge in [-0.05, 0) is 51.1 Å². The molecule has 2 rings (SSSR count). The molecule has 0 aliphatic rings. The Morgan fingerprint density at radius 1 is 1.30 bits per heavy atom. The number of nitrogens with one attached hydrogen (secondary N) is 1. The van der Waals surface area contributed by atoms with Crippen molar-refractivity contribution in [3.05, 3.63) is 51.8 Å². The van der Waals surface area contributed by atoms with Gasteiger partial charge < -0.3 is 5.32 Å². The zero-order valence-corrected chi connectivity index (χ0v) is 12.5. The average molecular weight is 268 g/mol. The first-order valence-electron chi connectivity index (χ1n) is 6.74. The average Bonchev–Trinajstić information content (AvgIpc) is 2.69. The van der Waals surface area contributed by atoms with Crippen molar-refractivity contribution in [1.29, 1.82) is 5.26 Å². The van der Waals surface area contributed by atoms with Crippen LogP contribution in [0.3, 0.4) is 0 Å². The number of nitrogens with zero attached hydrogens (tertiary/aromatic N) is 3. The fourth-order valence-corrected chi connectivity index (χ4v) is 2.42. The molecule has 0 amide bonds. The lowest BCUT2D eigenvalue weighted by atomic mass is 10.1. The van der Waals surface area contributed by atoms with Crippen LogP contribution in [0.5, 0.6) is 0 Å². The summed E-state index contributed by atoms with van der Waals surface area (Å²) in [6.45, 7) is 7.77. The first-order valence-corrected chi connectivity index (χ1v) is 6.74. The Morgan fingerprint density at radius 3 is 2.65 bits per heavy atom. The Labute approximate surface area is 120 Å². The maximum atomic E-state index is 8.91. The summed E-state index contributed by atoms with van der Waals surface area (Å²) in [5, 5.41) is 16.7. The lowest BCUT2D eigenvalue weighted by Gasteiger charge is -2.09. The van der Waals surface area contributed by atoms with Crippen molar-refractivity contribution in [2.75, 3.05) is 7.05 Å². The molecule has 0 radical (unpaired) electrons. The third-order valence-corrected chi connectivity index (χ3v) is 3.68. The highest BCUT2D eigenvalue weighted by molar-refractivity contribution is 5.38. The van der Waals surface area contributed by atoms with E-state index in [-0.39, 0.29) is 0 Å². The summed E-state index contributed by atoms with van der Waals surface area (Å²) < 4.78 is 2.04. The predicted octanol–water partition coefficient (Wildman–Crippen LogP) is 2.45. The lowest BCUT2D eigenvalue weighted by molar-refractivity contribution is 0.654. The fourth-order valence-electron chi connectivity index (χ4n) is 2.42. The summed E-state index contributed by atoms with van der Waals surface area (Å²) in [5.41, 5.74) is 6.57. The molecule has 0 bridgehead atoms. The molecule has 0 fully saturated rings. The highest BCUT2D eigenvalue weighted by atomic mass is 15.3. The van der Waals surface area contributed by atoms with Crippen LogP contribution in [0.15, 0.2) is 18.2 Å². The van der Waals surface area contributed by atoms with Gasteiger partial charge in [0.2, 0.25) is 0 Å². The van der Waals surface area contributed by atoms with Gasteiger partial charge in [-0.1, -0.05) is 6.07 Å². The van der Waals surface area contributed by atoms with E-state index in [4.69, 9.17) is 5.26 Å². The molecule has 1 aromatic heterocycles. The van der Waals surface area contributed by atoms with Gasteiger partial charge in [0.25, 0.3) is 0 Å². The van der Waals surface area contributed by atoms with E-state index < -0.39 is 0 Å². The van der Waals surface area contributed by atoms with E-state index in [1.165, 1.54) is 16.8 Å². The van der Waals surface area contributed by atoms with Crippen molar-refractivity contribution in [2.24, 2.45) is 0 Å². The quantitative estimate of drug-likeness (QED) is 0.926. The summed E-state index contributed by atoms with van der Waals surface area (Å²) in [5.74, 6) is 0. The van der Waals surface area contributed by atoms with Gasteiger partial charge in [-0.2, -0.15) is 10.4 Å². The SMILES string of the molecule is CNCc1c(C)nn(Cc2ccc(C#N)cc2C)c1C. The second-order valence-electron chi connectivity index (χ2n) is 5.09. The molecule has 0 unspecified atom stereocenters. The number of nitriles is 1. The number of aryl methyl sites for hydroxylation is 2. The van der Waals surface area contributed by atoms with Crippen LogP contribution in [-0.2, 0) is 13.1 Å². The van der Waals surface area contributed by atoms with E-state index in [9.17, 15) is 0 Å². The van der Waals surface area contributed by atoms with Crippen molar-refractivity contribution < 1.29 is 0 Å². The molecule has 0 aliphatic carbocycles. The normalized spacial score (nSPS) is 10.6. The number of benzene rings is 1. The van der Waals surface area contributed by atoms with Crippen LogP contribution in [0.2, 0.25) is 0 Å². The Bertz CT molecular complexity index is 662. The molecule has 0 saturated carbocycles. The van der Waals surface area contributed by atoms with Crippen molar-refractivity contribution in [3.8, 4) is 6.07 Å². The number of hydrogen-bond acceptors (Lipinski definition) is 3. The molecule has 0 aliphatic heterocycles. The first-order chi connectivity index (χ1) is 9.56. The Balaban J connectivity index is 2.31. The summed E-state index contributed by atoms with van der Waals surface area (Å²) >= 11 is 0. The van der Waals surface area contributed by atoms with Crippen molar-refractivity contribution in [3.63, 3.8) is 0 Å². The topological polar surface area (TPSA) is 53.6 Å². The monoisotopic (exact) mass is 268 g/mol. The van der Waals surface area contributed by atoms with E-state index in [1.807, 2.05) is 43.8 Å². The van der Waals surface area contributed by atoms with Crippen LogP contribution in [0.4, 0.5) is 0 Å². The summed E-state index contributed by atoms with van der Waals surface area (Å²) in [4.78, 5) is 0. The van der Waals surface area contributed by atoms with E-state index in [0.29, 0.717) is 5.56 Å². The molecule has 0 saturated heterocycles. The van der Waals surface area contributed by atoms with Crippen LogP contribution in [0.1, 0.15) is 33.6 Å². The van der Waals surface area contributed by atoms with Crippen molar-refractivity contribution >= 4 is 0 Å². The minimum absolute atomic E-state index is 0.704. The third kappa shape index (κ3) is 2.73. The van der Waals surface area contributed by atoms with Gasteiger partial charge in [-0.25, -0.2) is 0 Å². The molecule has 4 nitrogen and oxygen atoms in total. The highest BCUT2D eigenvalue weighted by Crippen LogP contribution is 2.17. The maximum absolute atomic E-state index is 8.91. The van der Waals surface area contributed by atoms with Gasteiger partial charge in [0.05, 0.1) is 23.9 Å². The number of hydrogen-bond donors (Lipinski definition) is 1. The summed E-state index contributed by atoms with van der Waals surface area (Å²) in [6.07, 6.45) is 0. The number of aromatic nitrogens is 2. The Morgan fingerprint density at radius 2 is 2.05 bits per heavy atom. The summed E-state index contributed by atoms with van der Waals surface area (Å²) in [7, 11) is 1.95. The highest BCUT2D eigenvalue weighted by Gasteiger charge is 2.11. The van der Waals surface area contributed by atoms with Crippen molar-refractivity contribution in [2.45, 2.75) is 33.9 Å². The second-order valence-corrected chi connectivity index (χ2v) is 5.09. The zero-order chi connectivity index (χ0) is 14.7. The molecule has 4 heteroatoms. The van der Waals surface area contributed by atoms with Crippen molar-refractivity contribution in [1.82, 2.24) is 15.1 Å². The van der Waals surface area contributed by atoms with Crippen LogP contribution in [0, 0.1) is 32.1 Å². The molecule has 1 N–H and O–H groups in total. The molecular formula is C16H20N4. The van der Waals surface area contributed by atoms with Crippen LogP contribution < -0.4 is 5.32 Å². The smallest absolute Gasteiger partial charge is 0.0991 e. The van der Waals surface area contributed by atoms with Crippen LogP contribution >= 0.6 is 0 Å². The van der Waals surface area contributed by atoms with Gasteiger partial charge in [0.15, 0.2) is 0 Å². The molecule has 104 valence electrons. The molecule has 1 aromatic carbocycles. The summed E-state index contributed by atoms with van der Waals surface area (Å²) in [6, 6.07) is 7.98. The standard InChI is InChI=1S/C16H20N4/c1-11-7-14(8-17)5-6-15(11)10-20-13(3)16(9-18-4)12(2)19-20/h5-7,18H,9-10H2,1-4H3. The molecule has 20 heavy (non-hydrogen) atoms. The number of rotatable bonds is 4. The molecule has 0 spiro atoms. The minimum Gasteiger partial charge on any atom is -0.316 e. The van der Waals surface area contributed by atoms with E-state index >= 15 is 0 Å². The van der Waals surface area contributed by atoms with Gasteiger partial charge >= 0.3 is 0 Å². The van der Waals surface area contributed by atoms with E-state index in [2.05, 4.69) is 23.4 Å². The Kier molecular flexibility index (Phi) is 4.21.